The zero-order valence-corrected chi connectivity index (χ0v) is 17.6. The highest BCUT2D eigenvalue weighted by atomic mass is 16.5. The van der Waals surface area contributed by atoms with Crippen LogP contribution in [0, 0.1) is 5.92 Å². The largest absolute Gasteiger partial charge is 0.497 e. The number of nitrogens with zero attached hydrogens (tertiary/aromatic N) is 1. The van der Waals surface area contributed by atoms with Crippen LogP contribution in [0.2, 0.25) is 0 Å². The number of ether oxygens (including phenoxy) is 1. The van der Waals surface area contributed by atoms with Crippen molar-refractivity contribution in [2.45, 2.75) is 50.6 Å². The highest BCUT2D eigenvalue weighted by Crippen LogP contribution is 2.38. The fraction of sp³-hybridized carbons (Fsp3) is 0.440. The Bertz CT molecular complexity index is 873. The van der Waals surface area contributed by atoms with Crippen molar-refractivity contribution in [3.05, 3.63) is 65.7 Å². The number of amides is 2. The Morgan fingerprint density at radius 2 is 1.77 bits per heavy atom. The van der Waals surface area contributed by atoms with Gasteiger partial charge in [-0.25, -0.2) is 0 Å². The molecule has 2 aliphatic rings. The average Bonchev–Trinajstić information content (AvgIpc) is 3.15. The number of benzene rings is 2. The number of rotatable bonds is 6. The molecule has 0 aromatic heterocycles. The summed E-state index contributed by atoms with van der Waals surface area (Å²) in [6.45, 7) is 1.05. The van der Waals surface area contributed by atoms with E-state index in [2.05, 4.69) is 17.4 Å². The van der Waals surface area contributed by atoms with Gasteiger partial charge in [-0.15, -0.1) is 0 Å². The van der Waals surface area contributed by atoms with Gasteiger partial charge in [-0.05, 0) is 36.1 Å². The summed E-state index contributed by atoms with van der Waals surface area (Å²) in [4.78, 5) is 27.6. The summed E-state index contributed by atoms with van der Waals surface area (Å²) in [5.74, 6) is 0.574. The Kier molecular flexibility index (Phi) is 6.07. The van der Waals surface area contributed by atoms with Crippen LogP contribution in [-0.2, 0) is 21.7 Å². The minimum Gasteiger partial charge on any atom is -0.497 e. The number of likely N-dealkylation sites (tertiary alicyclic amines) is 1. The summed E-state index contributed by atoms with van der Waals surface area (Å²) in [5.41, 5.74) is 1.87. The lowest BCUT2D eigenvalue weighted by molar-refractivity contribution is -0.130. The van der Waals surface area contributed by atoms with Crippen molar-refractivity contribution < 1.29 is 14.3 Å². The van der Waals surface area contributed by atoms with Crippen LogP contribution in [0.15, 0.2) is 54.6 Å². The minimum absolute atomic E-state index is 0.00312. The maximum Gasteiger partial charge on any atom is 0.226 e. The molecule has 1 aliphatic carbocycles. The van der Waals surface area contributed by atoms with Gasteiger partial charge < -0.3 is 15.0 Å². The zero-order valence-electron chi connectivity index (χ0n) is 17.6. The lowest BCUT2D eigenvalue weighted by Crippen LogP contribution is -2.49. The summed E-state index contributed by atoms with van der Waals surface area (Å²) in [5, 5.41) is 3.37. The molecule has 2 amide bonds. The highest BCUT2D eigenvalue weighted by Gasteiger charge is 2.40. The normalized spacial score (nSPS) is 20.8. The van der Waals surface area contributed by atoms with Crippen LogP contribution in [-0.4, -0.2) is 30.4 Å². The Morgan fingerprint density at radius 1 is 1.07 bits per heavy atom. The molecule has 0 bridgehead atoms. The molecule has 1 atom stereocenters. The summed E-state index contributed by atoms with van der Waals surface area (Å²) in [7, 11) is 1.66. The first-order valence-electron chi connectivity index (χ1n) is 10.9. The van der Waals surface area contributed by atoms with Gasteiger partial charge in [0.2, 0.25) is 11.8 Å². The molecule has 5 nitrogen and oxygen atoms in total. The van der Waals surface area contributed by atoms with Crippen LogP contribution in [0.3, 0.4) is 0 Å². The van der Waals surface area contributed by atoms with Gasteiger partial charge in [0, 0.05) is 19.5 Å². The number of carbonyl (C=O) groups excluding carboxylic acids is 2. The average molecular weight is 407 g/mol. The fourth-order valence-electron chi connectivity index (χ4n) is 4.79. The number of hydrogen-bond donors (Lipinski definition) is 1. The Labute approximate surface area is 178 Å². The van der Waals surface area contributed by atoms with E-state index in [-0.39, 0.29) is 29.7 Å². The quantitative estimate of drug-likeness (QED) is 0.788. The SMILES string of the molecule is COc1ccc(C2(NC(=O)[C@H]3CC(=O)N(Cc4ccccc4)C3)CCCCC2)cc1. The Hall–Kier alpha value is -2.82. The second-order valence-corrected chi connectivity index (χ2v) is 8.52. The van der Waals surface area contributed by atoms with E-state index in [0.717, 1.165) is 42.6 Å². The van der Waals surface area contributed by atoms with E-state index in [4.69, 9.17) is 4.74 Å². The molecular weight excluding hydrogens is 376 g/mol. The van der Waals surface area contributed by atoms with Gasteiger partial charge in [-0.1, -0.05) is 61.7 Å². The van der Waals surface area contributed by atoms with Crippen molar-refractivity contribution in [2.24, 2.45) is 5.92 Å². The van der Waals surface area contributed by atoms with E-state index in [0.29, 0.717) is 13.1 Å². The summed E-state index contributed by atoms with van der Waals surface area (Å²) in [6.07, 6.45) is 5.53. The monoisotopic (exact) mass is 406 g/mol. The summed E-state index contributed by atoms with van der Waals surface area (Å²) >= 11 is 0. The van der Waals surface area contributed by atoms with Crippen molar-refractivity contribution in [2.75, 3.05) is 13.7 Å². The summed E-state index contributed by atoms with van der Waals surface area (Å²) < 4.78 is 5.29. The molecule has 1 heterocycles. The molecule has 4 rings (SSSR count). The van der Waals surface area contributed by atoms with Crippen molar-refractivity contribution >= 4 is 11.8 Å². The Morgan fingerprint density at radius 3 is 2.43 bits per heavy atom. The molecule has 2 aromatic carbocycles. The zero-order chi connectivity index (χ0) is 21.0. The van der Waals surface area contributed by atoms with Gasteiger partial charge >= 0.3 is 0 Å². The molecule has 30 heavy (non-hydrogen) atoms. The molecule has 5 heteroatoms. The molecular formula is C25H30N2O3. The van der Waals surface area contributed by atoms with Gasteiger partial charge in [0.25, 0.3) is 0 Å². The first-order valence-corrected chi connectivity index (χ1v) is 10.9. The Balaban J connectivity index is 1.47. The van der Waals surface area contributed by atoms with E-state index in [9.17, 15) is 9.59 Å². The topological polar surface area (TPSA) is 58.6 Å². The van der Waals surface area contributed by atoms with Gasteiger partial charge in [0.1, 0.15) is 5.75 Å². The first-order chi connectivity index (χ1) is 14.6. The van der Waals surface area contributed by atoms with Crippen LogP contribution >= 0.6 is 0 Å². The third kappa shape index (κ3) is 4.35. The third-order valence-corrected chi connectivity index (χ3v) is 6.51. The van der Waals surface area contributed by atoms with Crippen molar-refractivity contribution in [3.8, 4) is 5.75 Å². The van der Waals surface area contributed by atoms with E-state index >= 15 is 0 Å². The molecule has 0 unspecified atom stereocenters. The molecule has 0 radical (unpaired) electrons. The molecule has 2 fully saturated rings. The number of methoxy groups -OCH3 is 1. The van der Waals surface area contributed by atoms with E-state index in [1.807, 2.05) is 42.5 Å². The number of hydrogen-bond acceptors (Lipinski definition) is 3. The standard InChI is InChI=1S/C25H30N2O3/c1-30-22-12-10-21(11-13-22)25(14-6-3-7-15-25)26-24(29)20-16-23(28)27(18-20)17-19-8-4-2-5-9-19/h2,4-5,8-13,20H,3,6-7,14-18H2,1H3,(H,26,29)/t20-/m0/s1. The molecule has 0 spiro atoms. The molecule has 1 saturated carbocycles. The lowest BCUT2D eigenvalue weighted by atomic mass is 9.76. The molecule has 2 aromatic rings. The molecule has 158 valence electrons. The molecule has 1 N–H and O–H groups in total. The maximum atomic E-state index is 13.2. The van der Waals surface area contributed by atoms with E-state index in [1.54, 1.807) is 12.0 Å². The van der Waals surface area contributed by atoms with E-state index < -0.39 is 0 Å². The van der Waals surface area contributed by atoms with Gasteiger partial charge in [0.05, 0.1) is 18.6 Å². The number of carbonyl (C=O) groups is 2. The van der Waals surface area contributed by atoms with Crippen LogP contribution in [0.5, 0.6) is 5.75 Å². The predicted molar refractivity (Wildman–Crippen MR) is 116 cm³/mol. The van der Waals surface area contributed by atoms with Crippen LogP contribution < -0.4 is 10.1 Å². The van der Waals surface area contributed by atoms with Crippen LogP contribution in [0.25, 0.3) is 0 Å². The van der Waals surface area contributed by atoms with Gasteiger partial charge in [-0.3, -0.25) is 9.59 Å². The lowest BCUT2D eigenvalue weighted by Gasteiger charge is -2.39. The van der Waals surface area contributed by atoms with Crippen molar-refractivity contribution in [1.82, 2.24) is 10.2 Å². The minimum atomic E-state index is -0.350. The number of nitrogens with one attached hydrogen (secondary N) is 1. The second kappa shape index (κ2) is 8.90. The maximum absolute atomic E-state index is 13.2. The van der Waals surface area contributed by atoms with Crippen LogP contribution in [0.4, 0.5) is 0 Å². The summed E-state index contributed by atoms with van der Waals surface area (Å²) in [6, 6.07) is 18.0. The van der Waals surface area contributed by atoms with E-state index in [1.165, 1.54) is 6.42 Å². The highest BCUT2D eigenvalue weighted by molar-refractivity contribution is 5.89. The molecule has 1 saturated heterocycles. The fourth-order valence-corrected chi connectivity index (χ4v) is 4.79. The first kappa shape index (κ1) is 20.5. The van der Waals surface area contributed by atoms with Crippen molar-refractivity contribution in [3.63, 3.8) is 0 Å². The smallest absolute Gasteiger partial charge is 0.226 e. The van der Waals surface area contributed by atoms with Crippen molar-refractivity contribution in [1.29, 1.82) is 0 Å². The van der Waals surface area contributed by atoms with Gasteiger partial charge in [-0.2, -0.15) is 0 Å². The second-order valence-electron chi connectivity index (χ2n) is 8.52. The predicted octanol–water partition coefficient (Wildman–Crippen LogP) is 4.02. The molecule has 1 aliphatic heterocycles. The van der Waals surface area contributed by atoms with Gasteiger partial charge in [0.15, 0.2) is 0 Å². The van der Waals surface area contributed by atoms with Crippen LogP contribution in [0.1, 0.15) is 49.7 Å². The third-order valence-electron chi connectivity index (χ3n) is 6.51.